The van der Waals surface area contributed by atoms with Crippen molar-refractivity contribution in [1.29, 1.82) is 0 Å². The highest BCUT2D eigenvalue weighted by Gasteiger charge is 2.05. The molecule has 0 aliphatic rings. The number of ether oxygens (including phenoxy) is 1. The van der Waals surface area contributed by atoms with Crippen LogP contribution in [-0.4, -0.2) is 12.6 Å². The van der Waals surface area contributed by atoms with Crippen LogP contribution < -0.4 is 0 Å². The van der Waals surface area contributed by atoms with Gasteiger partial charge in [0.1, 0.15) is 0 Å². The number of esters is 1. The van der Waals surface area contributed by atoms with E-state index in [0.717, 1.165) is 24.8 Å². The first-order chi connectivity index (χ1) is 12.4. The smallest absolute Gasteiger partial charge is 0.338 e. The molecule has 1 rings (SSSR count). The fraction of sp³-hybridized carbons (Fsp3) is 0.375. The van der Waals surface area contributed by atoms with Crippen LogP contribution in [0.15, 0.2) is 65.3 Å². The highest BCUT2D eigenvalue weighted by molar-refractivity contribution is 5.89. The quantitative estimate of drug-likeness (QED) is 0.274. The Morgan fingerprint density at radius 2 is 1.77 bits per heavy atom. The van der Waals surface area contributed by atoms with Gasteiger partial charge in [0.25, 0.3) is 0 Å². The molecule has 0 N–H and O–H groups in total. The summed E-state index contributed by atoms with van der Waals surface area (Å²) in [6.45, 7) is 11.0. The number of hydrogen-bond donors (Lipinski definition) is 0. The molecule has 0 radical (unpaired) electrons. The Morgan fingerprint density at radius 3 is 2.38 bits per heavy atom. The van der Waals surface area contributed by atoms with Gasteiger partial charge in [0.05, 0.1) is 12.2 Å². The lowest BCUT2D eigenvalue weighted by atomic mass is 10.1. The summed E-state index contributed by atoms with van der Waals surface area (Å²) in [5.41, 5.74) is 5.58. The van der Waals surface area contributed by atoms with Gasteiger partial charge in [0.2, 0.25) is 0 Å². The van der Waals surface area contributed by atoms with Gasteiger partial charge in [-0.15, -0.1) is 0 Å². The van der Waals surface area contributed by atoms with Crippen molar-refractivity contribution < 1.29 is 9.53 Å². The number of allylic oxidation sites excluding steroid dienone is 7. The third-order valence-corrected chi connectivity index (χ3v) is 3.81. The van der Waals surface area contributed by atoms with Crippen LogP contribution >= 0.6 is 0 Å². The van der Waals surface area contributed by atoms with Crippen LogP contribution in [0.3, 0.4) is 0 Å². The summed E-state index contributed by atoms with van der Waals surface area (Å²) in [6.07, 6.45) is 13.8. The number of hydrogen-bond acceptors (Lipinski definition) is 2. The number of carbonyl (C=O) groups excluding carboxylic acids is 1. The zero-order valence-corrected chi connectivity index (χ0v) is 16.8. The van der Waals surface area contributed by atoms with Gasteiger partial charge in [-0.05, 0) is 64.7 Å². The summed E-state index contributed by atoms with van der Waals surface area (Å²) in [4.78, 5) is 11.8. The molecule has 0 fully saturated rings. The Labute approximate surface area is 159 Å². The van der Waals surface area contributed by atoms with E-state index in [-0.39, 0.29) is 5.97 Å². The lowest BCUT2D eigenvalue weighted by molar-refractivity contribution is 0.0505. The van der Waals surface area contributed by atoms with Crippen LogP contribution in [0.5, 0.6) is 0 Å². The minimum atomic E-state index is -0.257. The minimum absolute atomic E-state index is 0.257. The monoisotopic (exact) mass is 352 g/mol. The third-order valence-electron chi connectivity index (χ3n) is 3.81. The molecule has 0 atom stereocenters. The van der Waals surface area contributed by atoms with Gasteiger partial charge in [-0.3, -0.25) is 0 Å². The molecule has 1 aromatic rings. The molecule has 0 saturated heterocycles. The van der Waals surface area contributed by atoms with Crippen molar-refractivity contribution in [3.05, 3.63) is 76.4 Å². The van der Waals surface area contributed by atoms with Crippen LogP contribution in [0.4, 0.5) is 0 Å². The molecule has 0 spiro atoms. The maximum Gasteiger partial charge on any atom is 0.338 e. The van der Waals surface area contributed by atoms with Crippen LogP contribution in [0.2, 0.25) is 0 Å². The highest BCUT2D eigenvalue weighted by atomic mass is 16.5. The Bertz CT molecular complexity index is 681. The second kappa shape index (κ2) is 12.1. The molecule has 2 nitrogen and oxygen atoms in total. The largest absolute Gasteiger partial charge is 0.462 e. The molecule has 0 amide bonds. The van der Waals surface area contributed by atoms with Crippen LogP contribution in [0, 0.1) is 0 Å². The Morgan fingerprint density at radius 1 is 1.08 bits per heavy atom. The van der Waals surface area contributed by atoms with E-state index in [1.165, 1.54) is 16.7 Å². The van der Waals surface area contributed by atoms with E-state index in [0.29, 0.717) is 12.2 Å². The molecule has 26 heavy (non-hydrogen) atoms. The Hall–Kier alpha value is -2.35. The van der Waals surface area contributed by atoms with Crippen LogP contribution in [0.1, 0.15) is 69.8 Å². The summed E-state index contributed by atoms with van der Waals surface area (Å²) < 4.78 is 5.14. The van der Waals surface area contributed by atoms with E-state index in [4.69, 9.17) is 4.74 Å². The van der Waals surface area contributed by atoms with Gasteiger partial charge in [-0.1, -0.05) is 66.2 Å². The molecule has 0 bridgehead atoms. The maximum atomic E-state index is 11.8. The molecule has 0 heterocycles. The predicted octanol–water partition coefficient (Wildman–Crippen LogP) is 6.91. The van der Waals surface area contributed by atoms with Crippen molar-refractivity contribution in [2.24, 2.45) is 0 Å². The summed E-state index contributed by atoms with van der Waals surface area (Å²) in [7, 11) is 0. The van der Waals surface area contributed by atoms with Gasteiger partial charge in [0, 0.05) is 0 Å². The molecule has 1 aromatic carbocycles. The zero-order valence-electron chi connectivity index (χ0n) is 16.8. The second-order valence-electron chi connectivity index (χ2n) is 6.84. The minimum Gasteiger partial charge on any atom is -0.462 e. The Kier molecular flexibility index (Phi) is 10.1. The highest BCUT2D eigenvalue weighted by Crippen LogP contribution is 2.12. The topological polar surface area (TPSA) is 26.3 Å². The maximum absolute atomic E-state index is 11.8. The lowest BCUT2D eigenvalue weighted by Gasteiger charge is -2.03. The third kappa shape index (κ3) is 9.22. The van der Waals surface area contributed by atoms with Crippen molar-refractivity contribution in [2.75, 3.05) is 6.61 Å². The standard InChI is InChI=1S/C24H32O2/c1-6-17-26-24(25)23-15-13-22(14-16-23)18-21(5)12-8-11-20(4)10-7-9-19(2)3/h8-9,11-16,18H,6-7,10,17H2,1-5H3. The van der Waals surface area contributed by atoms with Crippen molar-refractivity contribution in [3.63, 3.8) is 0 Å². The number of rotatable bonds is 9. The first kappa shape index (κ1) is 21.7. The van der Waals surface area contributed by atoms with Crippen molar-refractivity contribution in [2.45, 2.75) is 53.9 Å². The molecule has 0 aliphatic heterocycles. The van der Waals surface area contributed by atoms with Crippen molar-refractivity contribution in [3.8, 4) is 0 Å². The summed E-state index contributed by atoms with van der Waals surface area (Å²) >= 11 is 0. The van der Waals surface area contributed by atoms with Crippen molar-refractivity contribution in [1.82, 2.24) is 0 Å². The van der Waals surface area contributed by atoms with E-state index in [9.17, 15) is 4.79 Å². The van der Waals surface area contributed by atoms with Gasteiger partial charge in [-0.25, -0.2) is 4.79 Å². The van der Waals surface area contributed by atoms with Gasteiger partial charge in [0.15, 0.2) is 0 Å². The molecule has 2 heteroatoms. The van der Waals surface area contributed by atoms with Crippen LogP contribution in [-0.2, 0) is 4.74 Å². The number of carbonyl (C=O) groups is 1. The Balaban J connectivity index is 2.61. The van der Waals surface area contributed by atoms with E-state index in [2.05, 4.69) is 58.1 Å². The van der Waals surface area contributed by atoms with Crippen molar-refractivity contribution >= 4 is 12.0 Å². The molecule has 140 valence electrons. The van der Waals surface area contributed by atoms with Gasteiger partial charge < -0.3 is 4.74 Å². The normalized spacial score (nSPS) is 12.3. The molecule has 0 aliphatic carbocycles. The molecule has 0 unspecified atom stereocenters. The fourth-order valence-corrected chi connectivity index (χ4v) is 2.34. The first-order valence-corrected chi connectivity index (χ1v) is 9.35. The molecule has 0 aromatic heterocycles. The van der Waals surface area contributed by atoms with Crippen LogP contribution in [0.25, 0.3) is 6.08 Å². The zero-order chi connectivity index (χ0) is 19.4. The molecular formula is C24H32O2. The van der Waals surface area contributed by atoms with Gasteiger partial charge in [-0.2, -0.15) is 0 Å². The van der Waals surface area contributed by atoms with E-state index in [1.54, 1.807) is 0 Å². The summed E-state index contributed by atoms with van der Waals surface area (Å²) in [6, 6.07) is 7.52. The SMILES string of the molecule is CCCOC(=O)c1ccc(C=C(C)C=CC=C(C)CCC=C(C)C)cc1. The second-order valence-corrected chi connectivity index (χ2v) is 6.84. The molecular weight excluding hydrogens is 320 g/mol. The fourth-order valence-electron chi connectivity index (χ4n) is 2.34. The average Bonchev–Trinajstić information content (AvgIpc) is 2.60. The van der Waals surface area contributed by atoms with E-state index >= 15 is 0 Å². The summed E-state index contributed by atoms with van der Waals surface area (Å²) in [5.74, 6) is -0.257. The summed E-state index contributed by atoms with van der Waals surface area (Å²) in [5, 5.41) is 0. The first-order valence-electron chi connectivity index (χ1n) is 9.35. The number of benzene rings is 1. The predicted molar refractivity (Wildman–Crippen MR) is 112 cm³/mol. The molecule has 0 saturated carbocycles. The average molecular weight is 353 g/mol. The lowest BCUT2D eigenvalue weighted by Crippen LogP contribution is -2.05. The van der Waals surface area contributed by atoms with Gasteiger partial charge >= 0.3 is 5.97 Å². The van der Waals surface area contributed by atoms with E-state index in [1.807, 2.05) is 31.2 Å². The van der Waals surface area contributed by atoms with E-state index < -0.39 is 0 Å².